The van der Waals surface area contributed by atoms with E-state index in [0.29, 0.717) is 17.0 Å². The molecule has 0 aromatic heterocycles. The molecule has 0 unspecified atom stereocenters. The van der Waals surface area contributed by atoms with Crippen molar-refractivity contribution in [3.63, 3.8) is 0 Å². The minimum Gasteiger partial charge on any atom is -0.497 e. The van der Waals surface area contributed by atoms with Gasteiger partial charge in [0.05, 0.1) is 24.4 Å². The molecule has 0 saturated heterocycles. The monoisotopic (exact) mass is 317 g/mol. The molecular formula is C14H12BrN3O. The molecule has 96 valence electrons. The second kappa shape index (κ2) is 5.63. The van der Waals surface area contributed by atoms with Crippen molar-refractivity contribution < 1.29 is 4.74 Å². The summed E-state index contributed by atoms with van der Waals surface area (Å²) in [6.07, 6.45) is 0. The predicted octanol–water partition coefficient (Wildman–Crippen LogP) is 3.66. The Balaban J connectivity index is 2.31. The van der Waals surface area contributed by atoms with Gasteiger partial charge in [-0.05, 0) is 40.2 Å². The predicted molar refractivity (Wildman–Crippen MR) is 79.5 cm³/mol. The van der Waals surface area contributed by atoms with Crippen molar-refractivity contribution in [2.75, 3.05) is 18.2 Å². The molecule has 0 spiro atoms. The topological polar surface area (TPSA) is 71.1 Å². The number of hydrogen-bond acceptors (Lipinski definition) is 4. The number of methoxy groups -OCH3 is 1. The molecule has 0 heterocycles. The molecule has 0 aliphatic rings. The number of nitrogens with two attached hydrogens (primary N) is 1. The van der Waals surface area contributed by atoms with E-state index < -0.39 is 0 Å². The summed E-state index contributed by atoms with van der Waals surface area (Å²) >= 11 is 3.42. The Hall–Kier alpha value is -2.19. The summed E-state index contributed by atoms with van der Waals surface area (Å²) in [5.74, 6) is 0.687. The molecular weight excluding hydrogens is 306 g/mol. The van der Waals surface area contributed by atoms with Gasteiger partial charge in [0.1, 0.15) is 5.75 Å². The summed E-state index contributed by atoms with van der Waals surface area (Å²) in [6.45, 7) is 0. The highest BCUT2D eigenvalue weighted by molar-refractivity contribution is 9.10. The molecule has 0 aliphatic heterocycles. The second-order valence-corrected chi connectivity index (χ2v) is 4.78. The van der Waals surface area contributed by atoms with Crippen LogP contribution < -0.4 is 15.8 Å². The molecule has 0 aliphatic carbocycles. The minimum atomic E-state index is 0.600. The number of hydrogen-bond donors (Lipinski definition) is 2. The van der Waals surface area contributed by atoms with Crippen LogP contribution in [0.1, 0.15) is 5.56 Å². The number of benzene rings is 2. The van der Waals surface area contributed by atoms with Gasteiger partial charge in [0.15, 0.2) is 0 Å². The normalized spacial score (nSPS) is 9.74. The average Bonchev–Trinajstić information content (AvgIpc) is 2.40. The third-order valence-electron chi connectivity index (χ3n) is 2.54. The molecule has 0 bridgehead atoms. The summed E-state index contributed by atoms with van der Waals surface area (Å²) in [5.41, 5.74) is 8.69. The van der Waals surface area contributed by atoms with E-state index in [2.05, 4.69) is 27.3 Å². The zero-order valence-corrected chi connectivity index (χ0v) is 11.9. The van der Waals surface area contributed by atoms with Crippen LogP contribution in [0, 0.1) is 11.3 Å². The fraction of sp³-hybridized carbons (Fsp3) is 0.0714. The lowest BCUT2D eigenvalue weighted by Gasteiger charge is -2.11. The van der Waals surface area contributed by atoms with Crippen molar-refractivity contribution in [2.45, 2.75) is 0 Å². The van der Waals surface area contributed by atoms with E-state index in [1.165, 1.54) is 0 Å². The molecule has 2 rings (SSSR count). The van der Waals surface area contributed by atoms with Crippen molar-refractivity contribution >= 4 is 33.0 Å². The first-order valence-electron chi connectivity index (χ1n) is 5.53. The molecule has 4 nitrogen and oxygen atoms in total. The van der Waals surface area contributed by atoms with Crippen molar-refractivity contribution in [3.8, 4) is 11.8 Å². The molecule has 5 heteroatoms. The fourth-order valence-electron chi connectivity index (χ4n) is 1.65. The number of nitriles is 1. The Morgan fingerprint density at radius 2 is 2.05 bits per heavy atom. The van der Waals surface area contributed by atoms with Gasteiger partial charge >= 0.3 is 0 Å². The number of ether oxygens (including phenoxy) is 1. The highest BCUT2D eigenvalue weighted by Crippen LogP contribution is 2.29. The highest BCUT2D eigenvalue weighted by atomic mass is 79.9. The summed E-state index contributed by atoms with van der Waals surface area (Å²) < 4.78 is 5.98. The Labute approximate surface area is 119 Å². The molecule has 3 N–H and O–H groups in total. The summed E-state index contributed by atoms with van der Waals surface area (Å²) in [6, 6.07) is 12.8. The van der Waals surface area contributed by atoms with Gasteiger partial charge in [-0.15, -0.1) is 0 Å². The van der Waals surface area contributed by atoms with E-state index in [-0.39, 0.29) is 0 Å². The van der Waals surface area contributed by atoms with Gasteiger partial charge in [-0.3, -0.25) is 0 Å². The molecule has 0 amide bonds. The first-order chi connectivity index (χ1) is 9.12. The first kappa shape index (κ1) is 13.2. The van der Waals surface area contributed by atoms with Gasteiger partial charge in [-0.1, -0.05) is 0 Å². The van der Waals surface area contributed by atoms with Gasteiger partial charge < -0.3 is 15.8 Å². The Morgan fingerprint density at radius 3 is 2.68 bits per heavy atom. The van der Waals surface area contributed by atoms with Gasteiger partial charge in [0.2, 0.25) is 0 Å². The number of halogens is 1. The molecule has 0 saturated carbocycles. The van der Waals surface area contributed by atoms with E-state index in [9.17, 15) is 0 Å². The Morgan fingerprint density at radius 1 is 1.26 bits per heavy atom. The number of nitrogens with one attached hydrogen (secondary N) is 1. The summed E-state index contributed by atoms with van der Waals surface area (Å²) in [5, 5.41) is 12.0. The average molecular weight is 318 g/mol. The van der Waals surface area contributed by atoms with Crippen LogP contribution in [-0.4, -0.2) is 7.11 Å². The minimum absolute atomic E-state index is 0.600. The second-order valence-electron chi connectivity index (χ2n) is 3.93. The van der Waals surface area contributed by atoms with Crippen LogP contribution in [0.4, 0.5) is 17.1 Å². The van der Waals surface area contributed by atoms with Crippen LogP contribution in [0.25, 0.3) is 0 Å². The molecule has 2 aromatic rings. The largest absolute Gasteiger partial charge is 0.497 e. The van der Waals surface area contributed by atoms with Crippen LogP contribution in [0.5, 0.6) is 5.75 Å². The zero-order valence-electron chi connectivity index (χ0n) is 10.3. The van der Waals surface area contributed by atoms with Gasteiger partial charge in [-0.2, -0.15) is 5.26 Å². The van der Waals surface area contributed by atoms with Gasteiger partial charge in [0, 0.05) is 28.0 Å². The highest BCUT2D eigenvalue weighted by Gasteiger charge is 2.04. The standard InChI is InChI=1S/C14H12BrN3O/c1-19-12-6-10(17)5-11(7-12)18-14-3-2-9(8-16)4-13(14)15/h2-7,18H,17H2,1H3. The smallest absolute Gasteiger partial charge is 0.122 e. The molecule has 0 atom stereocenters. The van der Waals surface area contributed by atoms with Gasteiger partial charge in [0.25, 0.3) is 0 Å². The maximum absolute atomic E-state index is 8.82. The number of nitrogens with zero attached hydrogens (tertiary/aromatic N) is 1. The van der Waals surface area contributed by atoms with Crippen LogP contribution >= 0.6 is 15.9 Å². The number of anilines is 3. The lowest BCUT2D eigenvalue weighted by atomic mass is 10.2. The lowest BCUT2D eigenvalue weighted by Crippen LogP contribution is -1.95. The van der Waals surface area contributed by atoms with E-state index in [0.717, 1.165) is 15.8 Å². The maximum Gasteiger partial charge on any atom is 0.122 e. The number of nitrogen functional groups attached to an aromatic ring is 1. The maximum atomic E-state index is 8.82. The lowest BCUT2D eigenvalue weighted by molar-refractivity contribution is 0.415. The van der Waals surface area contributed by atoms with E-state index in [4.69, 9.17) is 15.7 Å². The third-order valence-corrected chi connectivity index (χ3v) is 3.20. The molecule has 2 aromatic carbocycles. The zero-order chi connectivity index (χ0) is 13.8. The van der Waals surface area contributed by atoms with Crippen LogP contribution in [-0.2, 0) is 0 Å². The van der Waals surface area contributed by atoms with Crippen molar-refractivity contribution in [1.29, 1.82) is 5.26 Å². The summed E-state index contributed by atoms with van der Waals surface area (Å²) in [7, 11) is 1.59. The fourth-order valence-corrected chi connectivity index (χ4v) is 2.13. The quantitative estimate of drug-likeness (QED) is 0.847. The summed E-state index contributed by atoms with van der Waals surface area (Å²) in [4.78, 5) is 0. The van der Waals surface area contributed by atoms with Crippen LogP contribution in [0.3, 0.4) is 0 Å². The number of rotatable bonds is 3. The van der Waals surface area contributed by atoms with Crippen molar-refractivity contribution in [1.82, 2.24) is 0 Å². The SMILES string of the molecule is COc1cc(N)cc(Nc2ccc(C#N)cc2Br)c1. The van der Waals surface area contributed by atoms with Crippen LogP contribution in [0.15, 0.2) is 40.9 Å². The van der Waals surface area contributed by atoms with Crippen LogP contribution in [0.2, 0.25) is 0 Å². The molecule has 0 fully saturated rings. The van der Waals surface area contributed by atoms with E-state index in [1.807, 2.05) is 18.2 Å². The Kier molecular flexibility index (Phi) is 3.93. The third kappa shape index (κ3) is 3.18. The first-order valence-corrected chi connectivity index (χ1v) is 6.33. The van der Waals surface area contributed by atoms with Crippen molar-refractivity contribution in [2.24, 2.45) is 0 Å². The van der Waals surface area contributed by atoms with Crippen molar-refractivity contribution in [3.05, 3.63) is 46.4 Å². The Bertz CT molecular complexity index is 650. The van der Waals surface area contributed by atoms with E-state index in [1.54, 1.807) is 25.3 Å². The van der Waals surface area contributed by atoms with E-state index >= 15 is 0 Å². The van der Waals surface area contributed by atoms with Gasteiger partial charge in [-0.25, -0.2) is 0 Å². The molecule has 0 radical (unpaired) electrons. The molecule has 19 heavy (non-hydrogen) atoms.